The van der Waals surface area contributed by atoms with E-state index in [2.05, 4.69) is 44.4 Å². The maximum absolute atomic E-state index is 12.7. The fourth-order valence-electron chi connectivity index (χ4n) is 5.56. The van der Waals surface area contributed by atoms with Crippen LogP contribution in [0.4, 0.5) is 0 Å². The van der Waals surface area contributed by atoms with E-state index in [9.17, 15) is 9.90 Å². The van der Waals surface area contributed by atoms with Crippen LogP contribution < -0.4 is 0 Å². The first-order valence-electron chi connectivity index (χ1n) is 13.8. The summed E-state index contributed by atoms with van der Waals surface area (Å²) in [6.07, 6.45) is 12.3. The van der Waals surface area contributed by atoms with Crippen molar-refractivity contribution < 1.29 is 33.6 Å². The van der Waals surface area contributed by atoms with E-state index in [1.807, 2.05) is 18.2 Å². The molecule has 4 rings (SSSR count). The number of ether oxygens (including phenoxy) is 5. The molecule has 4 aliphatic rings. The molecule has 208 valence electrons. The molecular formula is C31H42O7. The molecule has 0 aromatic heterocycles. The van der Waals surface area contributed by atoms with Gasteiger partial charge in [-0.3, -0.25) is 0 Å². The number of carbonyl (C=O) groups is 1. The zero-order valence-corrected chi connectivity index (χ0v) is 22.8. The van der Waals surface area contributed by atoms with Gasteiger partial charge in [0.05, 0.1) is 37.1 Å². The van der Waals surface area contributed by atoms with Crippen molar-refractivity contribution in [2.45, 2.75) is 108 Å². The molecule has 2 bridgehead atoms. The summed E-state index contributed by atoms with van der Waals surface area (Å²) >= 11 is 0. The zero-order chi connectivity index (χ0) is 27.1. The van der Waals surface area contributed by atoms with Crippen LogP contribution in [0.3, 0.4) is 0 Å². The molecule has 0 amide bonds. The van der Waals surface area contributed by atoms with Gasteiger partial charge in [0, 0.05) is 25.9 Å². The number of fused-ring (bicyclic) bond motifs is 3. The molecule has 0 spiro atoms. The van der Waals surface area contributed by atoms with Gasteiger partial charge < -0.3 is 28.8 Å². The summed E-state index contributed by atoms with van der Waals surface area (Å²) in [5.41, 5.74) is 2.28. The van der Waals surface area contributed by atoms with Gasteiger partial charge in [0.1, 0.15) is 18.3 Å². The van der Waals surface area contributed by atoms with Gasteiger partial charge in [-0.25, -0.2) is 4.79 Å². The minimum Gasteiger partial charge on any atom is -0.450 e. The van der Waals surface area contributed by atoms with Gasteiger partial charge in [-0.15, -0.1) is 0 Å². The van der Waals surface area contributed by atoms with Crippen LogP contribution in [-0.2, 0) is 28.5 Å². The number of cyclic esters (lactones) is 1. The molecule has 1 N–H and O–H groups in total. The monoisotopic (exact) mass is 526 g/mol. The molecular weight excluding hydrogens is 484 g/mol. The Morgan fingerprint density at radius 3 is 2.87 bits per heavy atom. The SMILES string of the molecule is C=C1C[C@H](C)C[C@@H]2CC=C[C@@H](CC#CC(=O)O[C@H]([C@H](C=C[C@@H]3CC(C)=CCO3)OC)C[C@@H]3O[C@H]3[C@@H](O)C1)O2. The Kier molecular flexibility index (Phi) is 10.4. The van der Waals surface area contributed by atoms with Crippen LogP contribution in [0.5, 0.6) is 0 Å². The highest BCUT2D eigenvalue weighted by atomic mass is 16.6. The largest absolute Gasteiger partial charge is 0.450 e. The molecule has 1 fully saturated rings. The van der Waals surface area contributed by atoms with E-state index in [4.69, 9.17) is 23.7 Å². The topological polar surface area (TPSA) is 86.8 Å². The number of methoxy groups -OCH3 is 1. The third-order valence-corrected chi connectivity index (χ3v) is 7.55. The van der Waals surface area contributed by atoms with Gasteiger partial charge in [0.2, 0.25) is 0 Å². The Labute approximate surface area is 226 Å². The van der Waals surface area contributed by atoms with Crippen molar-refractivity contribution >= 4 is 5.97 Å². The Balaban J connectivity index is 1.48. The van der Waals surface area contributed by atoms with Crippen LogP contribution in [0.15, 0.2) is 48.1 Å². The smallest absolute Gasteiger partial charge is 0.384 e. The fourth-order valence-corrected chi connectivity index (χ4v) is 5.56. The number of esters is 1. The van der Waals surface area contributed by atoms with E-state index in [1.54, 1.807) is 7.11 Å². The van der Waals surface area contributed by atoms with E-state index in [0.717, 1.165) is 31.3 Å². The van der Waals surface area contributed by atoms with Gasteiger partial charge in [0.15, 0.2) is 0 Å². The van der Waals surface area contributed by atoms with Crippen molar-refractivity contribution in [1.82, 2.24) is 0 Å². The molecule has 0 saturated carbocycles. The molecule has 4 aliphatic heterocycles. The van der Waals surface area contributed by atoms with E-state index in [1.165, 1.54) is 5.57 Å². The molecule has 0 aromatic rings. The average Bonchev–Trinajstić information content (AvgIpc) is 3.63. The molecule has 7 nitrogen and oxygen atoms in total. The van der Waals surface area contributed by atoms with Crippen molar-refractivity contribution in [3.8, 4) is 11.8 Å². The lowest BCUT2D eigenvalue weighted by atomic mass is 9.91. The number of hydrogen-bond donors (Lipinski definition) is 1. The zero-order valence-electron chi connectivity index (χ0n) is 22.8. The molecule has 9 atom stereocenters. The van der Waals surface area contributed by atoms with E-state index >= 15 is 0 Å². The van der Waals surface area contributed by atoms with Crippen LogP contribution >= 0.6 is 0 Å². The lowest BCUT2D eigenvalue weighted by Crippen LogP contribution is -2.34. The summed E-state index contributed by atoms with van der Waals surface area (Å²) in [6, 6.07) is 0. The summed E-state index contributed by atoms with van der Waals surface area (Å²) in [6.45, 7) is 9.07. The Morgan fingerprint density at radius 2 is 2.08 bits per heavy atom. The first-order valence-corrected chi connectivity index (χ1v) is 13.8. The first kappa shape index (κ1) is 28.8. The Morgan fingerprint density at radius 1 is 1.24 bits per heavy atom. The third kappa shape index (κ3) is 8.65. The summed E-state index contributed by atoms with van der Waals surface area (Å²) < 4.78 is 29.4. The summed E-state index contributed by atoms with van der Waals surface area (Å²) in [7, 11) is 1.58. The third-order valence-electron chi connectivity index (χ3n) is 7.55. The van der Waals surface area contributed by atoms with Gasteiger partial charge in [-0.05, 0) is 44.9 Å². The summed E-state index contributed by atoms with van der Waals surface area (Å²) in [5, 5.41) is 10.8. The molecule has 0 radical (unpaired) electrons. The average molecular weight is 527 g/mol. The van der Waals surface area contributed by atoms with Crippen LogP contribution in [-0.4, -0.2) is 73.6 Å². The number of epoxide rings is 1. The standard InChI is InChI=1S/C31H42O7/c1-20-13-14-35-24(16-20)11-12-27(34-4)28-19-29-31(38-29)26(32)18-22(3)15-21(2)17-25-9-5-7-23(36-25)8-6-10-30(33)37-28/h5,7,11-13,21,23-29,31-32H,3,8-9,14-19H2,1-2,4H3/t21-,23-,24+,25-,26-,27-,28-,29-,31-/m0/s1. The summed E-state index contributed by atoms with van der Waals surface area (Å²) in [4.78, 5) is 12.7. The first-order chi connectivity index (χ1) is 18.3. The lowest BCUT2D eigenvalue weighted by Gasteiger charge is -2.27. The van der Waals surface area contributed by atoms with E-state index in [0.29, 0.717) is 31.8 Å². The number of rotatable bonds is 4. The molecule has 7 heteroatoms. The highest BCUT2D eigenvalue weighted by molar-refractivity contribution is 5.88. The van der Waals surface area contributed by atoms with Crippen molar-refractivity contribution in [2.75, 3.05) is 13.7 Å². The minimum atomic E-state index is -0.657. The minimum absolute atomic E-state index is 0.0557. The molecule has 1 saturated heterocycles. The van der Waals surface area contributed by atoms with Crippen molar-refractivity contribution in [3.05, 3.63) is 48.1 Å². The number of carbonyl (C=O) groups excluding carboxylic acids is 1. The number of aliphatic hydroxyl groups is 1. The molecule has 38 heavy (non-hydrogen) atoms. The number of hydrogen-bond acceptors (Lipinski definition) is 7. The van der Waals surface area contributed by atoms with Crippen molar-refractivity contribution in [2.24, 2.45) is 5.92 Å². The normalized spacial score (nSPS) is 37.6. The van der Waals surface area contributed by atoms with Gasteiger partial charge in [-0.2, -0.15) is 0 Å². The van der Waals surface area contributed by atoms with E-state index < -0.39 is 24.3 Å². The quantitative estimate of drug-likeness (QED) is 0.193. The molecule has 0 aromatic carbocycles. The Bertz CT molecular complexity index is 986. The van der Waals surface area contributed by atoms with Crippen molar-refractivity contribution in [1.29, 1.82) is 0 Å². The highest BCUT2D eigenvalue weighted by Crippen LogP contribution is 2.35. The van der Waals surface area contributed by atoms with Crippen LogP contribution in [0.2, 0.25) is 0 Å². The second-order valence-electron chi connectivity index (χ2n) is 11.1. The van der Waals surface area contributed by atoms with Gasteiger partial charge in [-0.1, -0.05) is 60.9 Å². The van der Waals surface area contributed by atoms with Gasteiger partial charge >= 0.3 is 5.97 Å². The number of aliphatic hydroxyl groups excluding tert-OH is 1. The van der Waals surface area contributed by atoms with Crippen LogP contribution in [0, 0.1) is 17.8 Å². The van der Waals surface area contributed by atoms with Crippen molar-refractivity contribution in [3.63, 3.8) is 0 Å². The second kappa shape index (κ2) is 13.7. The van der Waals surface area contributed by atoms with Crippen LogP contribution in [0.1, 0.15) is 58.8 Å². The Hall–Kier alpha value is -2.21. The second-order valence-corrected chi connectivity index (χ2v) is 11.1. The predicted octanol–water partition coefficient (Wildman–Crippen LogP) is 4.21. The molecule has 0 unspecified atom stereocenters. The predicted molar refractivity (Wildman–Crippen MR) is 144 cm³/mol. The lowest BCUT2D eigenvalue weighted by molar-refractivity contribution is -0.147. The maximum atomic E-state index is 12.7. The van der Waals surface area contributed by atoms with Gasteiger partial charge in [0.25, 0.3) is 0 Å². The summed E-state index contributed by atoms with van der Waals surface area (Å²) in [5.74, 6) is 5.33. The fraction of sp³-hybridized carbons (Fsp3) is 0.645. The highest BCUT2D eigenvalue weighted by Gasteiger charge is 2.47. The van der Waals surface area contributed by atoms with E-state index in [-0.39, 0.29) is 30.5 Å². The molecule has 0 aliphatic carbocycles. The van der Waals surface area contributed by atoms with Crippen LogP contribution in [0.25, 0.3) is 0 Å². The maximum Gasteiger partial charge on any atom is 0.384 e. The molecule has 4 heterocycles.